The van der Waals surface area contributed by atoms with Crippen LogP contribution in [0.3, 0.4) is 0 Å². The van der Waals surface area contributed by atoms with Crippen LogP contribution in [0.5, 0.6) is 0 Å². The average Bonchev–Trinajstić information content (AvgIpc) is 2.23. The zero-order valence-corrected chi connectivity index (χ0v) is 7.87. The molecule has 0 aliphatic rings. The summed E-state index contributed by atoms with van der Waals surface area (Å²) in [6.45, 7) is 0. The van der Waals surface area contributed by atoms with Gasteiger partial charge in [-0.2, -0.15) is 0 Å². The molecule has 0 aliphatic carbocycles. The van der Waals surface area contributed by atoms with Gasteiger partial charge in [0.25, 0.3) is 0 Å². The van der Waals surface area contributed by atoms with Crippen molar-refractivity contribution in [3.05, 3.63) is 48.5 Å². The second-order valence-corrected chi connectivity index (χ2v) is 3.22. The van der Waals surface area contributed by atoms with Gasteiger partial charge in [-0.25, -0.2) is 4.39 Å². The van der Waals surface area contributed by atoms with E-state index in [-0.39, 0.29) is 5.82 Å². The molecule has 0 saturated heterocycles. The Labute approximate surface area is 83.0 Å². The Morgan fingerprint density at radius 3 is 2.50 bits per heavy atom. The van der Waals surface area contributed by atoms with E-state index in [1.54, 1.807) is 30.6 Å². The third-order valence-electron chi connectivity index (χ3n) is 2.11. The lowest BCUT2D eigenvalue weighted by Gasteiger charge is -2.03. The van der Waals surface area contributed by atoms with Gasteiger partial charge in [0, 0.05) is 18.0 Å². The molecule has 2 aromatic rings. The molecule has 0 fully saturated rings. The Kier molecular flexibility index (Phi) is 2.31. The van der Waals surface area contributed by atoms with Crippen molar-refractivity contribution in [1.29, 1.82) is 0 Å². The van der Waals surface area contributed by atoms with Crippen LogP contribution >= 0.6 is 0 Å². The first-order chi connectivity index (χ1) is 6.77. The Morgan fingerprint density at radius 2 is 1.79 bits per heavy atom. The van der Waals surface area contributed by atoms with Crippen LogP contribution in [0.25, 0.3) is 11.1 Å². The normalized spacial score (nSPS) is 10.1. The third-order valence-corrected chi connectivity index (χ3v) is 2.11. The van der Waals surface area contributed by atoms with Crippen molar-refractivity contribution < 1.29 is 4.39 Å². The third kappa shape index (κ3) is 1.67. The number of pyridine rings is 1. The molecule has 0 unspecified atom stereocenters. The van der Waals surface area contributed by atoms with Gasteiger partial charge in [-0.3, -0.25) is 4.98 Å². The van der Waals surface area contributed by atoms with Crippen LogP contribution in [0, 0.1) is 5.82 Å². The van der Waals surface area contributed by atoms with E-state index >= 15 is 0 Å². The monoisotopic (exact) mass is 185 g/mol. The molecule has 68 valence electrons. The zero-order chi connectivity index (χ0) is 9.97. The van der Waals surface area contributed by atoms with Crippen molar-refractivity contribution in [3.63, 3.8) is 0 Å². The van der Waals surface area contributed by atoms with Gasteiger partial charge in [0.1, 0.15) is 13.7 Å². The highest BCUT2D eigenvalue weighted by Crippen LogP contribution is 2.20. The summed E-state index contributed by atoms with van der Waals surface area (Å²) in [6.07, 6.45) is 3.33. The van der Waals surface area contributed by atoms with Crippen molar-refractivity contribution in [3.8, 4) is 11.1 Å². The minimum Gasteiger partial charge on any atom is -0.265 e. The summed E-state index contributed by atoms with van der Waals surface area (Å²) < 4.78 is 13.4. The first-order valence-corrected chi connectivity index (χ1v) is 4.44. The van der Waals surface area contributed by atoms with Crippen molar-refractivity contribution in [2.75, 3.05) is 0 Å². The predicted molar refractivity (Wildman–Crippen MR) is 57.8 cm³/mol. The molecule has 0 atom stereocenters. The Balaban J connectivity index is 2.57. The van der Waals surface area contributed by atoms with Gasteiger partial charge >= 0.3 is 0 Å². The summed E-state index contributed by atoms with van der Waals surface area (Å²) in [4.78, 5) is 3.90. The molecule has 0 N–H and O–H groups in total. The van der Waals surface area contributed by atoms with Crippen molar-refractivity contribution in [1.82, 2.24) is 4.98 Å². The van der Waals surface area contributed by atoms with E-state index in [2.05, 4.69) is 4.98 Å². The molecule has 0 amide bonds. The van der Waals surface area contributed by atoms with Crippen LogP contribution in [0.15, 0.2) is 42.7 Å². The largest absolute Gasteiger partial charge is 0.265 e. The van der Waals surface area contributed by atoms with E-state index in [1.165, 1.54) is 6.07 Å². The molecule has 14 heavy (non-hydrogen) atoms. The highest BCUT2D eigenvalue weighted by atomic mass is 19.1. The Morgan fingerprint density at radius 1 is 1.07 bits per heavy atom. The topological polar surface area (TPSA) is 12.9 Å². The van der Waals surface area contributed by atoms with Crippen LogP contribution < -0.4 is 5.46 Å². The first-order valence-electron chi connectivity index (χ1n) is 4.44. The number of halogens is 1. The molecule has 1 nitrogen and oxygen atoms in total. The van der Waals surface area contributed by atoms with Crippen LogP contribution in [0.1, 0.15) is 0 Å². The average molecular weight is 185 g/mol. The molecule has 0 bridgehead atoms. The minimum absolute atomic E-state index is 0.193. The number of rotatable bonds is 1. The van der Waals surface area contributed by atoms with Crippen molar-refractivity contribution >= 4 is 13.3 Å². The Hall–Kier alpha value is -1.64. The van der Waals surface area contributed by atoms with Crippen LogP contribution in [-0.4, -0.2) is 12.8 Å². The highest BCUT2D eigenvalue weighted by Gasteiger charge is 2.03. The number of hydrogen-bond donors (Lipinski definition) is 0. The fraction of sp³-hybridized carbons (Fsp3) is 0. The van der Waals surface area contributed by atoms with Crippen LogP contribution in [0.2, 0.25) is 0 Å². The van der Waals surface area contributed by atoms with Gasteiger partial charge < -0.3 is 0 Å². The molecular formula is C11H9BFN. The SMILES string of the molecule is Bc1ccc(F)c(-c2ccncc2)c1. The summed E-state index contributed by atoms with van der Waals surface area (Å²) >= 11 is 0. The van der Waals surface area contributed by atoms with Crippen LogP contribution in [0.4, 0.5) is 4.39 Å². The lowest BCUT2D eigenvalue weighted by Crippen LogP contribution is -2.02. The molecule has 2 rings (SSSR count). The van der Waals surface area contributed by atoms with Gasteiger partial charge in [0.05, 0.1) is 0 Å². The fourth-order valence-electron chi connectivity index (χ4n) is 1.39. The number of hydrogen-bond acceptors (Lipinski definition) is 1. The maximum Gasteiger partial charge on any atom is 0.139 e. The van der Waals surface area contributed by atoms with E-state index in [0.29, 0.717) is 5.56 Å². The predicted octanol–water partition coefficient (Wildman–Crippen LogP) is 1.15. The van der Waals surface area contributed by atoms with E-state index in [4.69, 9.17) is 0 Å². The summed E-state index contributed by atoms with van der Waals surface area (Å²) in [5.74, 6) is -0.193. The summed E-state index contributed by atoms with van der Waals surface area (Å²) in [5, 5.41) is 0. The van der Waals surface area contributed by atoms with E-state index < -0.39 is 0 Å². The van der Waals surface area contributed by atoms with Gasteiger partial charge in [-0.1, -0.05) is 17.6 Å². The highest BCUT2D eigenvalue weighted by molar-refractivity contribution is 6.32. The van der Waals surface area contributed by atoms with Crippen molar-refractivity contribution in [2.24, 2.45) is 0 Å². The van der Waals surface area contributed by atoms with Gasteiger partial charge in [0.2, 0.25) is 0 Å². The quantitative estimate of drug-likeness (QED) is 0.607. The lowest BCUT2D eigenvalue weighted by atomic mass is 9.92. The Bertz CT molecular complexity index is 442. The molecule has 0 spiro atoms. The summed E-state index contributed by atoms with van der Waals surface area (Å²) in [7, 11) is 1.95. The second kappa shape index (κ2) is 3.62. The maximum absolute atomic E-state index is 13.4. The number of aromatic nitrogens is 1. The molecular weight excluding hydrogens is 176 g/mol. The summed E-state index contributed by atoms with van der Waals surface area (Å²) in [6, 6.07) is 8.70. The molecule has 1 aromatic heterocycles. The molecule has 1 aromatic carbocycles. The standard InChI is InChI=1S/C11H9BFN/c12-9-1-2-11(13)10(7-9)8-3-5-14-6-4-8/h1-7H,12H2. The fourth-order valence-corrected chi connectivity index (χ4v) is 1.39. The number of benzene rings is 1. The molecule has 0 radical (unpaired) electrons. The molecule has 0 aliphatic heterocycles. The van der Waals surface area contributed by atoms with E-state index in [9.17, 15) is 4.39 Å². The second-order valence-electron chi connectivity index (χ2n) is 3.22. The summed E-state index contributed by atoms with van der Waals surface area (Å²) in [5.41, 5.74) is 2.55. The van der Waals surface area contributed by atoms with Gasteiger partial charge in [0.15, 0.2) is 0 Å². The van der Waals surface area contributed by atoms with Crippen LogP contribution in [-0.2, 0) is 0 Å². The molecule has 0 saturated carbocycles. The van der Waals surface area contributed by atoms with Gasteiger partial charge in [-0.05, 0) is 23.8 Å². The minimum atomic E-state index is -0.193. The smallest absolute Gasteiger partial charge is 0.139 e. The first kappa shape index (κ1) is 8.94. The van der Waals surface area contributed by atoms with Gasteiger partial charge in [-0.15, -0.1) is 0 Å². The number of nitrogens with zero attached hydrogens (tertiary/aromatic N) is 1. The van der Waals surface area contributed by atoms with Crippen molar-refractivity contribution in [2.45, 2.75) is 0 Å². The molecule has 3 heteroatoms. The molecule has 1 heterocycles. The van der Waals surface area contributed by atoms with E-state index in [1.807, 2.05) is 13.9 Å². The maximum atomic E-state index is 13.4. The van der Waals surface area contributed by atoms with E-state index in [0.717, 1.165) is 11.0 Å². The lowest BCUT2D eigenvalue weighted by molar-refractivity contribution is 0.631. The zero-order valence-electron chi connectivity index (χ0n) is 7.87.